The number of halogens is 1. The van der Waals surface area contributed by atoms with Gasteiger partial charge in [-0.15, -0.1) is 0 Å². The number of fused-ring (bicyclic) bond motifs is 2. The first-order valence-electron chi connectivity index (χ1n) is 51.6. The van der Waals surface area contributed by atoms with Crippen LogP contribution in [0.4, 0.5) is 0 Å². The van der Waals surface area contributed by atoms with Gasteiger partial charge in [-0.2, -0.15) is 0 Å². The Balaban J connectivity index is 0.000000396. The van der Waals surface area contributed by atoms with E-state index in [1.54, 1.807) is 38.5 Å². The summed E-state index contributed by atoms with van der Waals surface area (Å²) in [5, 5.41) is 46.5. The highest BCUT2D eigenvalue weighted by atomic mass is 35.5. The maximum absolute atomic E-state index is 11.0. The van der Waals surface area contributed by atoms with Crippen LogP contribution in [0, 0.1) is 0 Å². The molecule has 5 N–H and O–H groups in total. The van der Waals surface area contributed by atoms with Gasteiger partial charge in [0.2, 0.25) is 13.6 Å². The standard InChI is InChI=1S/C13H18O3.C12H18O2.2C11H14O2.C10H13Cl.4C10H14O.3C10H14/c1-5-9(2)11-6-7-12(15-4)13(8-11)16-10(3)14;1-4-9(2)11-5-10(8-13)6-12(7-11)14-3;2*1-3-8(2)9-4-5-10-11(6-9)13-7-12-10;1-3-8(2)9-4-6-10(11)7-5-9;4*1-3-8(2)9-5-4-6-10(11)7-9;3*1-3-9(2)10-7-5-4-6-8-10/h6-9H,5H2,1-4H3;5-7,9,13H,4,8H2,1-3H3;2*4-6,8H,3,7H2,1-2H3;4-8H,3H2,1-2H3;4*4-8,11H,3H2,1-2H3;3*4-9H,3H2,1-2H3. The maximum atomic E-state index is 11.0. The summed E-state index contributed by atoms with van der Waals surface area (Å²) in [5.41, 5.74) is 16.5. The van der Waals surface area contributed by atoms with Crippen LogP contribution < -0.4 is 33.2 Å². The minimum Gasteiger partial charge on any atom is -0.508 e. The van der Waals surface area contributed by atoms with Gasteiger partial charge in [-0.25, -0.2) is 0 Å². The van der Waals surface area contributed by atoms with Crippen LogP contribution in [0.5, 0.6) is 63.2 Å². The highest BCUT2D eigenvalue weighted by Gasteiger charge is 2.19. The zero-order chi connectivity index (χ0) is 105. The summed E-state index contributed by atoms with van der Waals surface area (Å²) in [6, 6.07) is 93.9. The van der Waals surface area contributed by atoms with E-state index < -0.39 is 0 Å². The van der Waals surface area contributed by atoms with Crippen molar-refractivity contribution in [1.29, 1.82) is 0 Å². The summed E-state index contributed by atoms with van der Waals surface area (Å²) in [5.74, 6) is 13.6. The lowest BCUT2D eigenvalue weighted by atomic mass is 9.96. The summed E-state index contributed by atoms with van der Waals surface area (Å²) < 4.78 is 36.5. The van der Waals surface area contributed by atoms with Gasteiger partial charge in [-0.3, -0.25) is 4.79 Å². The molecule has 0 radical (unpaired) electrons. The molecule has 141 heavy (non-hydrogen) atoms. The van der Waals surface area contributed by atoms with Crippen LogP contribution in [-0.2, 0) is 11.4 Å². The zero-order valence-corrected chi connectivity index (χ0v) is 91.3. The number of carbonyl (C=O) groups excluding carboxylic acids is 1. The average molecular weight is 1950 g/mol. The third kappa shape index (κ3) is 47.7. The van der Waals surface area contributed by atoms with Gasteiger partial charge in [0, 0.05) is 11.9 Å². The minimum atomic E-state index is -0.334. The van der Waals surface area contributed by atoms with Gasteiger partial charge in [0.1, 0.15) is 28.7 Å². The Hall–Kier alpha value is -11.6. The highest BCUT2D eigenvalue weighted by Crippen LogP contribution is 2.39. The summed E-state index contributed by atoms with van der Waals surface area (Å²) in [7, 11) is 3.21. The van der Waals surface area contributed by atoms with Crippen molar-refractivity contribution in [1.82, 2.24) is 0 Å². The third-order valence-corrected chi connectivity index (χ3v) is 26.8. The number of hydrogen-bond acceptors (Lipinski definition) is 13. The second-order valence-corrected chi connectivity index (χ2v) is 37.3. The topological polar surface area (TPSA) is 183 Å². The van der Waals surface area contributed by atoms with Crippen molar-refractivity contribution in [2.24, 2.45) is 0 Å². The Bertz CT molecular complexity index is 4890. The monoisotopic (exact) mass is 1940 g/mol. The lowest BCUT2D eigenvalue weighted by Crippen LogP contribution is -2.04. The lowest BCUT2D eigenvalue weighted by molar-refractivity contribution is -0.132. The molecule has 12 atom stereocenters. The Morgan fingerprint density at radius 3 is 0.787 bits per heavy atom. The van der Waals surface area contributed by atoms with Crippen LogP contribution >= 0.6 is 11.6 Å². The number of rotatable bonds is 28. The number of esters is 1. The van der Waals surface area contributed by atoms with Crippen molar-refractivity contribution < 1.29 is 63.5 Å². The van der Waals surface area contributed by atoms with E-state index in [1.165, 1.54) is 93.8 Å². The fraction of sp³-hybridized carbons (Fsp3) is 0.425. The number of hydrogen-bond donors (Lipinski definition) is 5. The number of aromatic hydroxyl groups is 4. The van der Waals surface area contributed by atoms with E-state index >= 15 is 0 Å². The molecule has 0 fully saturated rings. The van der Waals surface area contributed by atoms with Crippen LogP contribution in [0.2, 0.25) is 5.02 Å². The van der Waals surface area contributed by atoms with Crippen molar-refractivity contribution in [2.75, 3.05) is 27.8 Å². The Labute approximate surface area is 856 Å². The van der Waals surface area contributed by atoms with Gasteiger partial charge < -0.3 is 58.7 Å². The fourth-order valence-electron chi connectivity index (χ4n) is 14.1. The molecule has 13 nitrogen and oxygen atoms in total. The number of aliphatic hydroxyl groups excluding tert-OH is 1. The predicted octanol–water partition coefficient (Wildman–Crippen LogP) is 36.8. The van der Waals surface area contributed by atoms with Crippen LogP contribution in [0.25, 0.3) is 0 Å². The Kier molecular flexibility index (Phi) is 62.1. The summed E-state index contributed by atoms with van der Waals surface area (Å²) in [4.78, 5) is 11.0. The molecule has 2 aliphatic rings. The summed E-state index contributed by atoms with van der Waals surface area (Å²) in [6.45, 7) is 54.7. The molecular weight excluding hydrogens is 1770 g/mol. The number of carbonyl (C=O) groups is 1. The van der Waals surface area contributed by atoms with Crippen molar-refractivity contribution in [2.45, 2.75) is 328 Å². The second kappa shape index (κ2) is 70.9. The number of phenolic OH excluding ortho intramolecular Hbond substituents is 4. The van der Waals surface area contributed by atoms with Crippen molar-refractivity contribution >= 4 is 17.6 Å². The second-order valence-electron chi connectivity index (χ2n) is 36.9. The first-order chi connectivity index (χ1) is 67.6. The number of ether oxygens (including phenoxy) is 7. The molecule has 0 aromatic heterocycles. The predicted molar refractivity (Wildman–Crippen MR) is 596 cm³/mol. The Morgan fingerprint density at radius 1 is 0.270 bits per heavy atom. The number of benzene rings is 12. The van der Waals surface area contributed by atoms with E-state index in [2.05, 4.69) is 294 Å². The normalized spacial score (nSPS) is 13.3. The van der Waals surface area contributed by atoms with Crippen molar-refractivity contribution in [3.63, 3.8) is 0 Å². The lowest BCUT2D eigenvalue weighted by Gasteiger charge is -2.13. The van der Waals surface area contributed by atoms with E-state index in [0.29, 0.717) is 119 Å². The van der Waals surface area contributed by atoms with Gasteiger partial charge >= 0.3 is 5.97 Å². The van der Waals surface area contributed by atoms with E-state index in [1.807, 2.05) is 133 Å². The van der Waals surface area contributed by atoms with Crippen LogP contribution in [0.1, 0.15) is 393 Å². The minimum absolute atomic E-state index is 0.0701. The van der Waals surface area contributed by atoms with Crippen molar-refractivity contribution in [3.8, 4) is 63.2 Å². The summed E-state index contributed by atoms with van der Waals surface area (Å²) >= 11 is 5.76. The number of aliphatic hydroxyl groups is 1. The average Bonchev–Trinajstić information content (AvgIpc) is 1.81. The van der Waals surface area contributed by atoms with E-state index in [9.17, 15) is 4.79 Å². The van der Waals surface area contributed by atoms with Gasteiger partial charge in [0.25, 0.3) is 0 Å². The van der Waals surface area contributed by atoms with Crippen LogP contribution in [0.3, 0.4) is 0 Å². The molecule has 768 valence electrons. The smallest absolute Gasteiger partial charge is 0.308 e. The molecule has 14 heteroatoms. The highest BCUT2D eigenvalue weighted by molar-refractivity contribution is 6.30. The molecular formula is C127H175ClO13. The van der Waals surface area contributed by atoms with Crippen LogP contribution in [0.15, 0.2) is 285 Å². The van der Waals surface area contributed by atoms with Crippen LogP contribution in [-0.4, -0.2) is 59.3 Å². The first-order valence-corrected chi connectivity index (χ1v) is 52.0. The fourth-order valence-corrected chi connectivity index (χ4v) is 14.3. The molecule has 14 rings (SSSR count). The van der Waals surface area contributed by atoms with Crippen molar-refractivity contribution in [3.05, 3.63) is 362 Å². The Morgan fingerprint density at radius 2 is 0.518 bits per heavy atom. The largest absolute Gasteiger partial charge is 0.508 e. The van der Waals surface area contributed by atoms with Gasteiger partial charge in [0.05, 0.1) is 20.8 Å². The molecule has 0 amide bonds. The van der Waals surface area contributed by atoms with E-state index in [0.717, 1.165) is 96.3 Å². The third-order valence-electron chi connectivity index (χ3n) is 26.6. The van der Waals surface area contributed by atoms with E-state index in [4.69, 9.17) is 70.3 Å². The maximum Gasteiger partial charge on any atom is 0.308 e. The quantitative estimate of drug-likeness (QED) is 0.0231. The first kappa shape index (κ1) is 124. The van der Waals surface area contributed by atoms with Gasteiger partial charge in [0.15, 0.2) is 34.5 Å². The molecule has 0 aliphatic carbocycles. The molecule has 12 aromatic rings. The molecule has 0 saturated carbocycles. The number of phenols is 4. The SMILES string of the molecule is CCC(C)c1cc(CO)cc(OC)c1.CCC(C)c1ccc(Cl)cc1.CCC(C)c1ccc(OC)c(OC(C)=O)c1.CCC(C)c1ccc2c(c1)OCO2.CCC(C)c1ccc2c(c1)OCO2.CCC(C)c1cccc(O)c1.CCC(C)c1cccc(O)c1.CCC(C)c1cccc(O)c1.CCC(C)c1cccc(O)c1.CCC(C)c1ccccc1.CCC(C)c1ccccc1.CCC(C)c1ccccc1. The molecule has 0 bridgehead atoms. The number of methoxy groups -OCH3 is 2. The molecule has 2 aliphatic heterocycles. The molecule has 0 spiro atoms. The zero-order valence-electron chi connectivity index (χ0n) is 90.6. The summed E-state index contributed by atoms with van der Waals surface area (Å²) in [6.07, 6.45) is 13.8. The molecule has 0 saturated heterocycles. The van der Waals surface area contributed by atoms with Gasteiger partial charge in [-0.05, 0) is 330 Å². The molecule has 12 aromatic carbocycles. The van der Waals surface area contributed by atoms with E-state index in [-0.39, 0.29) is 12.6 Å². The molecule has 12 unspecified atom stereocenters. The van der Waals surface area contributed by atoms with Gasteiger partial charge in [-0.1, -0.05) is 354 Å². The molecule has 2 heterocycles.